The lowest BCUT2D eigenvalue weighted by Crippen LogP contribution is -2.35. The number of aromatic nitrogens is 2. The highest BCUT2D eigenvalue weighted by Gasteiger charge is 2.26. The molecule has 1 aromatic heterocycles. The molecule has 5 nitrogen and oxygen atoms in total. The number of para-hydroxylation sites is 1. The van der Waals surface area contributed by atoms with E-state index < -0.39 is 6.10 Å². The Morgan fingerprint density at radius 2 is 2.18 bits per heavy atom. The molecule has 5 heteroatoms. The summed E-state index contributed by atoms with van der Waals surface area (Å²) in [4.78, 5) is 12.4. The first kappa shape index (κ1) is 13.4. The zero-order valence-electron chi connectivity index (χ0n) is 12.4. The Balaban J connectivity index is 1.45. The molecule has 0 aliphatic carbocycles. The predicted octanol–water partition coefficient (Wildman–Crippen LogP) is 2.55. The molecule has 0 fully saturated rings. The standard InChI is InChI=1S/C17H19N3O2/c21-17(15-9-8-12-5-1-2-7-14(12)22-15)18-16-11-13-6-3-4-10-20(13)19-16/h1-2,5,7,11,15H,3-4,6,8-10H2,(H,18,19,21). The second-order valence-corrected chi connectivity index (χ2v) is 5.94. The van der Waals surface area contributed by atoms with E-state index in [4.69, 9.17) is 4.74 Å². The van der Waals surface area contributed by atoms with Gasteiger partial charge in [-0.05, 0) is 43.7 Å². The number of hydrogen-bond donors (Lipinski definition) is 1. The molecule has 0 bridgehead atoms. The monoisotopic (exact) mass is 297 g/mol. The first-order valence-corrected chi connectivity index (χ1v) is 7.92. The molecule has 1 amide bonds. The molecule has 114 valence electrons. The minimum Gasteiger partial charge on any atom is -0.480 e. The predicted molar refractivity (Wildman–Crippen MR) is 83.0 cm³/mol. The molecule has 0 spiro atoms. The lowest BCUT2D eigenvalue weighted by atomic mass is 10.0. The zero-order chi connectivity index (χ0) is 14.9. The van der Waals surface area contributed by atoms with Gasteiger partial charge in [0.05, 0.1) is 0 Å². The molecule has 2 aliphatic heterocycles. The number of benzene rings is 1. The van der Waals surface area contributed by atoms with Crippen molar-refractivity contribution < 1.29 is 9.53 Å². The fraction of sp³-hybridized carbons (Fsp3) is 0.412. The van der Waals surface area contributed by atoms with Crippen LogP contribution in [0.5, 0.6) is 5.75 Å². The van der Waals surface area contributed by atoms with Crippen LogP contribution in [0.4, 0.5) is 5.82 Å². The highest BCUT2D eigenvalue weighted by atomic mass is 16.5. The maximum atomic E-state index is 12.4. The number of amides is 1. The van der Waals surface area contributed by atoms with Crippen molar-refractivity contribution in [3.8, 4) is 5.75 Å². The molecule has 0 saturated carbocycles. The Morgan fingerprint density at radius 1 is 1.27 bits per heavy atom. The Kier molecular flexibility index (Phi) is 3.33. The van der Waals surface area contributed by atoms with Gasteiger partial charge in [0.2, 0.25) is 0 Å². The van der Waals surface area contributed by atoms with Crippen LogP contribution in [-0.4, -0.2) is 21.8 Å². The number of fused-ring (bicyclic) bond motifs is 2. The average molecular weight is 297 g/mol. The molecule has 22 heavy (non-hydrogen) atoms. The number of carbonyl (C=O) groups is 1. The van der Waals surface area contributed by atoms with Crippen molar-refractivity contribution in [2.75, 3.05) is 5.32 Å². The molecule has 0 radical (unpaired) electrons. The number of carbonyl (C=O) groups excluding carboxylic acids is 1. The van der Waals surface area contributed by atoms with Gasteiger partial charge < -0.3 is 10.1 Å². The molecule has 4 rings (SSSR count). The largest absolute Gasteiger partial charge is 0.480 e. The lowest BCUT2D eigenvalue weighted by Gasteiger charge is -2.24. The number of nitrogens with one attached hydrogen (secondary N) is 1. The quantitative estimate of drug-likeness (QED) is 0.927. The van der Waals surface area contributed by atoms with Gasteiger partial charge in [-0.25, -0.2) is 0 Å². The maximum Gasteiger partial charge on any atom is 0.266 e. The minimum absolute atomic E-state index is 0.107. The van der Waals surface area contributed by atoms with Crippen LogP contribution in [-0.2, 0) is 24.2 Å². The summed E-state index contributed by atoms with van der Waals surface area (Å²) in [7, 11) is 0. The van der Waals surface area contributed by atoms with Gasteiger partial charge in [-0.3, -0.25) is 9.48 Å². The maximum absolute atomic E-state index is 12.4. The number of rotatable bonds is 2. The summed E-state index contributed by atoms with van der Waals surface area (Å²) >= 11 is 0. The van der Waals surface area contributed by atoms with E-state index >= 15 is 0 Å². The summed E-state index contributed by atoms with van der Waals surface area (Å²) in [6, 6.07) is 9.88. The number of hydrogen-bond acceptors (Lipinski definition) is 3. The number of anilines is 1. The van der Waals surface area contributed by atoms with Gasteiger partial charge in [-0.2, -0.15) is 5.10 Å². The molecule has 1 N–H and O–H groups in total. The smallest absolute Gasteiger partial charge is 0.266 e. The van der Waals surface area contributed by atoms with Gasteiger partial charge in [0.15, 0.2) is 11.9 Å². The fourth-order valence-corrected chi connectivity index (χ4v) is 3.19. The van der Waals surface area contributed by atoms with Crippen LogP contribution in [0.2, 0.25) is 0 Å². The fourth-order valence-electron chi connectivity index (χ4n) is 3.19. The van der Waals surface area contributed by atoms with Crippen LogP contribution in [0, 0.1) is 0 Å². The molecule has 1 atom stereocenters. The Morgan fingerprint density at radius 3 is 3.09 bits per heavy atom. The summed E-state index contributed by atoms with van der Waals surface area (Å²) in [5, 5.41) is 7.36. The summed E-state index contributed by atoms with van der Waals surface area (Å²) in [6.07, 6.45) is 4.53. The van der Waals surface area contributed by atoms with E-state index in [1.165, 1.54) is 17.7 Å². The highest BCUT2D eigenvalue weighted by molar-refractivity contribution is 5.93. The molecule has 1 aromatic carbocycles. The zero-order valence-corrected chi connectivity index (χ0v) is 12.4. The van der Waals surface area contributed by atoms with Crippen molar-refractivity contribution >= 4 is 11.7 Å². The van der Waals surface area contributed by atoms with E-state index in [1.54, 1.807) is 0 Å². The summed E-state index contributed by atoms with van der Waals surface area (Å²) < 4.78 is 7.82. The van der Waals surface area contributed by atoms with Crippen molar-refractivity contribution in [3.63, 3.8) is 0 Å². The molecule has 1 unspecified atom stereocenters. The van der Waals surface area contributed by atoms with Crippen LogP contribution in [0.1, 0.15) is 30.5 Å². The molecule has 3 heterocycles. The summed E-state index contributed by atoms with van der Waals surface area (Å²) in [6.45, 7) is 0.943. The van der Waals surface area contributed by atoms with Gasteiger partial charge in [0, 0.05) is 18.3 Å². The van der Waals surface area contributed by atoms with E-state index in [0.717, 1.165) is 31.6 Å². The topological polar surface area (TPSA) is 56.2 Å². The van der Waals surface area contributed by atoms with E-state index in [9.17, 15) is 4.79 Å². The van der Waals surface area contributed by atoms with Crippen molar-refractivity contribution in [1.29, 1.82) is 0 Å². The van der Waals surface area contributed by atoms with Crippen LogP contribution in [0.3, 0.4) is 0 Å². The van der Waals surface area contributed by atoms with Crippen LogP contribution in [0.25, 0.3) is 0 Å². The van der Waals surface area contributed by atoms with Crippen molar-refractivity contribution in [1.82, 2.24) is 9.78 Å². The van der Waals surface area contributed by atoms with Gasteiger partial charge in [-0.15, -0.1) is 0 Å². The SMILES string of the molecule is O=C(Nc1cc2n(n1)CCCC2)C1CCc2ccccc2O1. The first-order valence-electron chi connectivity index (χ1n) is 7.92. The Labute approximate surface area is 129 Å². The normalized spacial score (nSPS) is 19.7. The van der Waals surface area contributed by atoms with E-state index in [-0.39, 0.29) is 5.91 Å². The first-order chi connectivity index (χ1) is 10.8. The van der Waals surface area contributed by atoms with Crippen LogP contribution < -0.4 is 10.1 Å². The van der Waals surface area contributed by atoms with E-state index in [0.29, 0.717) is 12.2 Å². The molecule has 2 aromatic rings. The highest BCUT2D eigenvalue weighted by Crippen LogP contribution is 2.27. The molecular weight excluding hydrogens is 278 g/mol. The Bertz CT molecular complexity index is 684. The van der Waals surface area contributed by atoms with E-state index in [2.05, 4.69) is 10.4 Å². The van der Waals surface area contributed by atoms with Gasteiger partial charge in [-0.1, -0.05) is 18.2 Å². The third-order valence-electron chi connectivity index (χ3n) is 4.38. The van der Waals surface area contributed by atoms with E-state index in [1.807, 2.05) is 35.0 Å². The Hall–Kier alpha value is -2.30. The van der Waals surface area contributed by atoms with Crippen molar-refractivity contribution in [3.05, 3.63) is 41.6 Å². The van der Waals surface area contributed by atoms with Gasteiger partial charge >= 0.3 is 0 Å². The van der Waals surface area contributed by atoms with Gasteiger partial charge in [0.1, 0.15) is 5.75 Å². The number of ether oxygens (including phenoxy) is 1. The molecule has 0 saturated heterocycles. The summed E-state index contributed by atoms with van der Waals surface area (Å²) in [5.74, 6) is 1.35. The third kappa shape index (κ3) is 2.47. The third-order valence-corrected chi connectivity index (χ3v) is 4.38. The van der Waals surface area contributed by atoms with Crippen molar-refractivity contribution in [2.45, 2.75) is 44.8 Å². The average Bonchev–Trinajstić information content (AvgIpc) is 2.96. The second kappa shape index (κ2) is 5.48. The lowest BCUT2D eigenvalue weighted by molar-refractivity contribution is -0.123. The van der Waals surface area contributed by atoms with Crippen molar-refractivity contribution in [2.24, 2.45) is 0 Å². The van der Waals surface area contributed by atoms with Crippen LogP contribution in [0.15, 0.2) is 30.3 Å². The molecular formula is C17H19N3O2. The van der Waals surface area contributed by atoms with Gasteiger partial charge in [0.25, 0.3) is 5.91 Å². The second-order valence-electron chi connectivity index (χ2n) is 5.94. The summed E-state index contributed by atoms with van der Waals surface area (Å²) in [5.41, 5.74) is 2.38. The van der Waals surface area contributed by atoms with Crippen LogP contribution >= 0.6 is 0 Å². The number of aryl methyl sites for hydroxylation is 3. The molecule has 2 aliphatic rings. The minimum atomic E-state index is -0.436. The number of nitrogens with zero attached hydrogens (tertiary/aromatic N) is 2.